The highest BCUT2D eigenvalue weighted by Crippen LogP contribution is 2.42. The van der Waals surface area contributed by atoms with Gasteiger partial charge in [0.25, 0.3) is 0 Å². The summed E-state index contributed by atoms with van der Waals surface area (Å²) < 4.78 is 39.7. The lowest BCUT2D eigenvalue weighted by molar-refractivity contribution is -0.137. The summed E-state index contributed by atoms with van der Waals surface area (Å²) in [6, 6.07) is 2.33. The Morgan fingerprint density at radius 1 is 1.38 bits per heavy atom. The normalized spacial score (nSPS) is 14.4. The number of rotatable bonds is 3. The van der Waals surface area contributed by atoms with Crippen molar-refractivity contribution in [3.8, 4) is 0 Å². The van der Waals surface area contributed by atoms with Gasteiger partial charge in [-0.05, 0) is 18.6 Å². The molecule has 1 aromatic carbocycles. The summed E-state index contributed by atoms with van der Waals surface area (Å²) in [7, 11) is 1.61. The van der Waals surface area contributed by atoms with Crippen LogP contribution in [0.5, 0.6) is 0 Å². The maximum atomic E-state index is 13.2. The Bertz CT molecular complexity index is 582. The standard InChI is InChI=1S/C14H16F3N3O/c1-3-6-20(2)12-8-10-11(7-9(12)14(15,16)17)19-13(21)4-5-18-10/h5,7-8H,3-4,6H2,1-2H3,(H,19,21). The third-order valence-corrected chi connectivity index (χ3v) is 3.17. The predicted octanol–water partition coefficient (Wildman–Crippen LogP) is 3.60. The van der Waals surface area contributed by atoms with Crippen LogP contribution in [0.2, 0.25) is 0 Å². The van der Waals surface area contributed by atoms with E-state index in [9.17, 15) is 18.0 Å². The van der Waals surface area contributed by atoms with Crippen LogP contribution in [-0.4, -0.2) is 25.7 Å². The van der Waals surface area contributed by atoms with Gasteiger partial charge in [-0.1, -0.05) is 6.92 Å². The van der Waals surface area contributed by atoms with Gasteiger partial charge in [-0.15, -0.1) is 0 Å². The molecule has 0 radical (unpaired) electrons. The molecule has 1 aliphatic rings. The minimum absolute atomic E-state index is 0.0517. The van der Waals surface area contributed by atoms with Gasteiger partial charge in [0.15, 0.2) is 0 Å². The molecule has 7 heteroatoms. The average molecular weight is 299 g/mol. The molecule has 0 aromatic heterocycles. The van der Waals surface area contributed by atoms with E-state index in [1.165, 1.54) is 12.3 Å². The Kier molecular flexibility index (Phi) is 4.20. The van der Waals surface area contributed by atoms with Gasteiger partial charge in [0.1, 0.15) is 0 Å². The number of benzene rings is 1. The number of alkyl halides is 3. The smallest absolute Gasteiger partial charge is 0.374 e. The van der Waals surface area contributed by atoms with Crippen LogP contribution in [0, 0.1) is 0 Å². The van der Waals surface area contributed by atoms with Crippen LogP contribution in [0.25, 0.3) is 0 Å². The zero-order valence-corrected chi connectivity index (χ0v) is 11.8. The van der Waals surface area contributed by atoms with Crippen molar-refractivity contribution in [2.24, 2.45) is 4.99 Å². The molecule has 0 unspecified atom stereocenters. The van der Waals surface area contributed by atoms with E-state index >= 15 is 0 Å². The predicted molar refractivity (Wildman–Crippen MR) is 76.4 cm³/mol. The van der Waals surface area contributed by atoms with Crippen molar-refractivity contribution in [1.82, 2.24) is 0 Å². The fourth-order valence-electron chi connectivity index (χ4n) is 2.21. The Hall–Kier alpha value is -2.05. The largest absolute Gasteiger partial charge is 0.418 e. The van der Waals surface area contributed by atoms with Crippen molar-refractivity contribution in [2.45, 2.75) is 25.9 Å². The number of carbonyl (C=O) groups is 1. The van der Waals surface area contributed by atoms with E-state index < -0.39 is 11.7 Å². The summed E-state index contributed by atoms with van der Waals surface area (Å²) in [5.74, 6) is -0.375. The summed E-state index contributed by atoms with van der Waals surface area (Å²) in [6.07, 6.45) is -2.31. The fourth-order valence-corrected chi connectivity index (χ4v) is 2.21. The van der Waals surface area contributed by atoms with Gasteiger partial charge in [-0.25, -0.2) is 0 Å². The van der Waals surface area contributed by atoms with E-state index in [4.69, 9.17) is 0 Å². The van der Waals surface area contributed by atoms with E-state index in [1.807, 2.05) is 6.92 Å². The number of nitrogens with one attached hydrogen (secondary N) is 1. The number of amides is 1. The first-order valence-corrected chi connectivity index (χ1v) is 6.61. The van der Waals surface area contributed by atoms with Crippen molar-refractivity contribution < 1.29 is 18.0 Å². The first-order chi connectivity index (χ1) is 9.82. The number of carbonyl (C=O) groups excluding carboxylic acids is 1. The summed E-state index contributed by atoms with van der Waals surface area (Å²) in [5, 5.41) is 2.45. The molecule has 1 amide bonds. The van der Waals surface area contributed by atoms with Gasteiger partial charge < -0.3 is 10.2 Å². The van der Waals surface area contributed by atoms with Crippen LogP contribution in [0.4, 0.5) is 30.2 Å². The van der Waals surface area contributed by atoms with Crippen LogP contribution in [0.15, 0.2) is 17.1 Å². The molecule has 0 saturated carbocycles. The molecule has 0 spiro atoms. The number of anilines is 2. The molecule has 4 nitrogen and oxygen atoms in total. The van der Waals surface area contributed by atoms with Crippen LogP contribution in [0.3, 0.4) is 0 Å². The quantitative estimate of drug-likeness (QED) is 0.927. The lowest BCUT2D eigenvalue weighted by Crippen LogP contribution is -2.22. The maximum absolute atomic E-state index is 13.2. The topological polar surface area (TPSA) is 44.7 Å². The van der Waals surface area contributed by atoms with Crippen LogP contribution in [0.1, 0.15) is 25.3 Å². The van der Waals surface area contributed by atoms with Crippen molar-refractivity contribution >= 4 is 29.2 Å². The van der Waals surface area contributed by atoms with Crippen LogP contribution in [-0.2, 0) is 11.0 Å². The first-order valence-electron chi connectivity index (χ1n) is 6.61. The molecule has 1 aromatic rings. The number of hydrogen-bond donors (Lipinski definition) is 1. The third-order valence-electron chi connectivity index (χ3n) is 3.17. The van der Waals surface area contributed by atoms with E-state index in [-0.39, 0.29) is 23.7 Å². The summed E-state index contributed by atoms with van der Waals surface area (Å²) in [4.78, 5) is 17.0. The molecule has 0 saturated heterocycles. The number of nitrogens with zero attached hydrogens (tertiary/aromatic N) is 2. The van der Waals surface area contributed by atoms with E-state index in [0.717, 1.165) is 12.5 Å². The second kappa shape index (κ2) is 5.75. The number of fused-ring (bicyclic) bond motifs is 1. The Labute approximate surface area is 120 Å². The van der Waals surface area contributed by atoms with Crippen molar-refractivity contribution in [1.29, 1.82) is 0 Å². The van der Waals surface area contributed by atoms with E-state index in [1.54, 1.807) is 11.9 Å². The number of hydrogen-bond acceptors (Lipinski definition) is 3. The van der Waals surface area contributed by atoms with Crippen molar-refractivity contribution in [3.05, 3.63) is 17.7 Å². The lowest BCUT2D eigenvalue weighted by Gasteiger charge is -2.24. The minimum atomic E-state index is -4.49. The molecule has 1 heterocycles. The van der Waals surface area contributed by atoms with Gasteiger partial charge in [0.05, 0.1) is 29.0 Å². The molecule has 0 atom stereocenters. The molecule has 114 valence electrons. The van der Waals surface area contributed by atoms with Gasteiger partial charge in [-0.3, -0.25) is 9.79 Å². The first kappa shape index (κ1) is 15.3. The maximum Gasteiger partial charge on any atom is 0.418 e. The second-order valence-corrected chi connectivity index (χ2v) is 4.87. The van der Waals surface area contributed by atoms with Crippen LogP contribution < -0.4 is 10.2 Å². The lowest BCUT2D eigenvalue weighted by atomic mass is 10.1. The molecule has 0 bridgehead atoms. The van der Waals surface area contributed by atoms with Gasteiger partial charge in [-0.2, -0.15) is 13.2 Å². The molecule has 0 aliphatic carbocycles. The molecule has 21 heavy (non-hydrogen) atoms. The fraction of sp³-hybridized carbons (Fsp3) is 0.429. The third kappa shape index (κ3) is 3.34. The summed E-state index contributed by atoms with van der Waals surface area (Å²) in [6.45, 7) is 2.39. The Morgan fingerprint density at radius 3 is 2.71 bits per heavy atom. The SMILES string of the molecule is CCCN(C)c1cc2c(cc1C(F)(F)F)NC(=O)CC=N2. The molecule has 1 N–H and O–H groups in total. The molecular formula is C14H16F3N3O. The van der Waals surface area contributed by atoms with E-state index in [2.05, 4.69) is 10.3 Å². The molecule has 0 fully saturated rings. The van der Waals surface area contributed by atoms with E-state index in [0.29, 0.717) is 12.2 Å². The monoisotopic (exact) mass is 299 g/mol. The van der Waals surface area contributed by atoms with Gasteiger partial charge in [0.2, 0.25) is 5.91 Å². The van der Waals surface area contributed by atoms with Gasteiger partial charge in [0, 0.05) is 19.8 Å². The summed E-state index contributed by atoms with van der Waals surface area (Å²) >= 11 is 0. The molecule has 1 aliphatic heterocycles. The van der Waals surface area contributed by atoms with Crippen molar-refractivity contribution in [3.63, 3.8) is 0 Å². The number of halogens is 3. The highest BCUT2D eigenvalue weighted by molar-refractivity contribution is 6.04. The molecular weight excluding hydrogens is 283 g/mol. The highest BCUT2D eigenvalue weighted by Gasteiger charge is 2.35. The summed E-state index contributed by atoms with van der Waals surface area (Å²) in [5.41, 5.74) is -0.271. The highest BCUT2D eigenvalue weighted by atomic mass is 19.4. The average Bonchev–Trinajstić information content (AvgIpc) is 2.56. The van der Waals surface area contributed by atoms with Crippen LogP contribution >= 0.6 is 0 Å². The Morgan fingerprint density at radius 2 is 2.10 bits per heavy atom. The zero-order valence-electron chi connectivity index (χ0n) is 11.8. The molecule has 2 rings (SSSR count). The Balaban J connectivity index is 2.58. The number of aliphatic imine (C=N–C) groups is 1. The minimum Gasteiger partial charge on any atom is -0.374 e. The second-order valence-electron chi connectivity index (χ2n) is 4.87. The van der Waals surface area contributed by atoms with Crippen molar-refractivity contribution in [2.75, 3.05) is 23.8 Å². The zero-order chi connectivity index (χ0) is 15.6. The van der Waals surface area contributed by atoms with Gasteiger partial charge >= 0.3 is 6.18 Å².